The third-order valence-electron chi connectivity index (χ3n) is 2.74. The molecule has 0 aliphatic rings. The van der Waals surface area contributed by atoms with Gasteiger partial charge < -0.3 is 14.8 Å². The molecule has 7 nitrogen and oxygen atoms in total. The van der Waals surface area contributed by atoms with E-state index in [9.17, 15) is 14.9 Å². The molecule has 7 heteroatoms. The van der Waals surface area contributed by atoms with Crippen LogP contribution < -0.4 is 5.32 Å². The number of methoxy groups -OCH3 is 1. The third-order valence-corrected chi connectivity index (χ3v) is 2.74. The highest BCUT2D eigenvalue weighted by Crippen LogP contribution is 2.18. The maximum Gasteiger partial charge on any atom is 0.276 e. The smallest absolute Gasteiger partial charge is 0.276 e. The number of hydrogen-bond acceptors (Lipinski definition) is 5. The molecule has 1 N–H and O–H groups in total. The summed E-state index contributed by atoms with van der Waals surface area (Å²) in [5.41, 5.74) is 0.364. The van der Waals surface area contributed by atoms with Crippen molar-refractivity contribution in [2.45, 2.75) is 6.42 Å². The summed E-state index contributed by atoms with van der Waals surface area (Å²) in [5.74, 6) is -0.296. The van der Waals surface area contributed by atoms with Crippen molar-refractivity contribution < 1.29 is 19.2 Å². The first kappa shape index (κ1) is 17.8. The van der Waals surface area contributed by atoms with Crippen LogP contribution in [0.2, 0.25) is 0 Å². The molecule has 0 heterocycles. The zero-order chi connectivity index (χ0) is 16.2. The van der Waals surface area contributed by atoms with E-state index in [2.05, 4.69) is 5.32 Å². The minimum absolute atomic E-state index is 0.0295. The second-order valence-electron chi connectivity index (χ2n) is 4.40. The lowest BCUT2D eigenvalue weighted by molar-refractivity contribution is -0.385. The Hall–Kier alpha value is -2.25. The number of amides is 1. The Labute approximate surface area is 129 Å². The topological polar surface area (TPSA) is 90.7 Å². The molecule has 0 radical (unpaired) electrons. The third kappa shape index (κ3) is 6.96. The van der Waals surface area contributed by atoms with Crippen molar-refractivity contribution >= 4 is 17.7 Å². The molecule has 0 aliphatic heterocycles. The zero-order valence-corrected chi connectivity index (χ0v) is 12.5. The number of nitrogens with one attached hydrogen (secondary N) is 1. The Balaban J connectivity index is 2.32. The standard InChI is InChI=1S/C15H20N2O5/c1-21-11-12-22-10-4-9-16-15(18)8-7-13-5-2-3-6-14(13)17(19)20/h2-3,5-8H,4,9-12H2,1H3,(H,16,18)/b8-7+. The molecule has 0 saturated heterocycles. The van der Waals surface area contributed by atoms with Crippen molar-refractivity contribution in [2.75, 3.05) is 33.5 Å². The molecule has 0 unspecified atom stereocenters. The lowest BCUT2D eigenvalue weighted by atomic mass is 10.1. The van der Waals surface area contributed by atoms with Crippen molar-refractivity contribution in [3.8, 4) is 0 Å². The normalized spacial score (nSPS) is 10.8. The SMILES string of the molecule is COCCOCCCNC(=O)/C=C/c1ccccc1[N+](=O)[O-]. The molecule has 1 aromatic carbocycles. The van der Waals surface area contributed by atoms with Crippen molar-refractivity contribution in [1.82, 2.24) is 5.32 Å². The molecule has 22 heavy (non-hydrogen) atoms. The van der Waals surface area contributed by atoms with Crippen molar-refractivity contribution in [2.24, 2.45) is 0 Å². The van der Waals surface area contributed by atoms with Crippen LogP contribution in [0, 0.1) is 10.1 Å². The van der Waals surface area contributed by atoms with E-state index in [-0.39, 0.29) is 11.6 Å². The van der Waals surface area contributed by atoms with E-state index in [0.29, 0.717) is 38.3 Å². The summed E-state index contributed by atoms with van der Waals surface area (Å²) in [6.45, 7) is 2.09. The molecule has 0 spiro atoms. The highest BCUT2D eigenvalue weighted by molar-refractivity contribution is 5.92. The van der Waals surface area contributed by atoms with Gasteiger partial charge in [0.25, 0.3) is 5.69 Å². The van der Waals surface area contributed by atoms with Crippen LogP contribution in [-0.4, -0.2) is 44.3 Å². The van der Waals surface area contributed by atoms with Gasteiger partial charge in [-0.3, -0.25) is 14.9 Å². The van der Waals surface area contributed by atoms with E-state index in [4.69, 9.17) is 9.47 Å². The molecule has 0 aromatic heterocycles. The minimum atomic E-state index is -0.477. The van der Waals surface area contributed by atoms with Crippen LogP contribution in [0.5, 0.6) is 0 Å². The molecule has 1 amide bonds. The molecule has 0 aliphatic carbocycles. The minimum Gasteiger partial charge on any atom is -0.382 e. The first-order chi connectivity index (χ1) is 10.6. The number of rotatable bonds is 10. The van der Waals surface area contributed by atoms with Crippen LogP contribution in [0.15, 0.2) is 30.3 Å². The zero-order valence-electron chi connectivity index (χ0n) is 12.5. The van der Waals surface area contributed by atoms with E-state index in [1.165, 1.54) is 18.2 Å². The number of nitro benzene ring substituents is 1. The highest BCUT2D eigenvalue weighted by Gasteiger charge is 2.09. The molecule has 120 valence electrons. The predicted molar refractivity (Wildman–Crippen MR) is 82.5 cm³/mol. The fourth-order valence-corrected chi connectivity index (χ4v) is 1.65. The monoisotopic (exact) mass is 308 g/mol. The number of nitrogens with zero attached hydrogens (tertiary/aromatic N) is 1. The number of para-hydroxylation sites is 1. The Morgan fingerprint density at radius 1 is 1.32 bits per heavy atom. The fraction of sp³-hybridized carbons (Fsp3) is 0.400. The number of carbonyl (C=O) groups excluding carboxylic acids is 1. The quantitative estimate of drug-likeness (QED) is 0.308. The van der Waals surface area contributed by atoms with Crippen LogP contribution in [0.4, 0.5) is 5.69 Å². The van der Waals surface area contributed by atoms with Gasteiger partial charge in [0.15, 0.2) is 0 Å². The lowest BCUT2D eigenvalue weighted by Crippen LogP contribution is -2.23. The van der Waals surface area contributed by atoms with Gasteiger partial charge in [-0.15, -0.1) is 0 Å². The van der Waals surface area contributed by atoms with Gasteiger partial charge in [0, 0.05) is 32.4 Å². The van der Waals surface area contributed by atoms with Gasteiger partial charge >= 0.3 is 0 Å². The molecule has 1 rings (SSSR count). The molecule has 0 saturated carbocycles. The largest absolute Gasteiger partial charge is 0.382 e. The lowest BCUT2D eigenvalue weighted by Gasteiger charge is -2.04. The van der Waals surface area contributed by atoms with E-state index in [1.807, 2.05) is 0 Å². The second-order valence-corrected chi connectivity index (χ2v) is 4.40. The van der Waals surface area contributed by atoms with Gasteiger partial charge in [-0.05, 0) is 18.6 Å². The van der Waals surface area contributed by atoms with Crippen LogP contribution in [0.25, 0.3) is 6.08 Å². The Kier molecular flexibility index (Phi) is 8.47. The number of benzene rings is 1. The Morgan fingerprint density at radius 2 is 2.09 bits per heavy atom. The van der Waals surface area contributed by atoms with Crippen LogP contribution in [-0.2, 0) is 14.3 Å². The first-order valence-electron chi connectivity index (χ1n) is 6.91. The average molecular weight is 308 g/mol. The number of carbonyl (C=O) groups is 1. The van der Waals surface area contributed by atoms with Crippen molar-refractivity contribution in [3.05, 3.63) is 46.0 Å². The molecule has 0 fully saturated rings. The van der Waals surface area contributed by atoms with E-state index in [1.54, 1.807) is 25.3 Å². The highest BCUT2D eigenvalue weighted by atomic mass is 16.6. The Morgan fingerprint density at radius 3 is 2.82 bits per heavy atom. The second kappa shape index (κ2) is 10.5. The van der Waals surface area contributed by atoms with Crippen molar-refractivity contribution in [1.29, 1.82) is 0 Å². The average Bonchev–Trinajstić information content (AvgIpc) is 2.52. The summed E-state index contributed by atoms with van der Waals surface area (Å²) in [5, 5.41) is 13.5. The maximum atomic E-state index is 11.6. The number of ether oxygens (including phenoxy) is 2. The van der Waals surface area contributed by atoms with Crippen LogP contribution in [0.1, 0.15) is 12.0 Å². The summed E-state index contributed by atoms with van der Waals surface area (Å²) >= 11 is 0. The van der Waals surface area contributed by atoms with Gasteiger partial charge in [0.1, 0.15) is 0 Å². The molecule has 0 bridgehead atoms. The van der Waals surface area contributed by atoms with E-state index in [0.717, 1.165) is 0 Å². The molecule has 1 aromatic rings. The van der Waals surface area contributed by atoms with Gasteiger partial charge in [0.05, 0.1) is 23.7 Å². The summed E-state index contributed by atoms with van der Waals surface area (Å²) < 4.78 is 10.1. The Bertz CT molecular complexity index is 516. The summed E-state index contributed by atoms with van der Waals surface area (Å²) in [4.78, 5) is 22.0. The van der Waals surface area contributed by atoms with E-state index < -0.39 is 4.92 Å². The first-order valence-corrected chi connectivity index (χ1v) is 6.91. The van der Waals surface area contributed by atoms with Crippen LogP contribution in [0.3, 0.4) is 0 Å². The van der Waals surface area contributed by atoms with Gasteiger partial charge in [-0.2, -0.15) is 0 Å². The summed E-state index contributed by atoms with van der Waals surface area (Å²) in [6, 6.07) is 6.25. The number of nitro groups is 1. The summed E-state index contributed by atoms with van der Waals surface area (Å²) in [7, 11) is 1.60. The summed E-state index contributed by atoms with van der Waals surface area (Å²) in [6.07, 6.45) is 3.41. The molecule has 0 atom stereocenters. The van der Waals surface area contributed by atoms with Crippen molar-refractivity contribution in [3.63, 3.8) is 0 Å². The van der Waals surface area contributed by atoms with E-state index >= 15 is 0 Å². The molecular formula is C15H20N2O5. The number of hydrogen-bond donors (Lipinski definition) is 1. The van der Waals surface area contributed by atoms with Gasteiger partial charge in [-0.25, -0.2) is 0 Å². The fourth-order valence-electron chi connectivity index (χ4n) is 1.65. The van der Waals surface area contributed by atoms with Gasteiger partial charge in [0.2, 0.25) is 5.91 Å². The van der Waals surface area contributed by atoms with Crippen LogP contribution >= 0.6 is 0 Å². The molecular weight excluding hydrogens is 288 g/mol. The maximum absolute atomic E-state index is 11.6. The van der Waals surface area contributed by atoms with Gasteiger partial charge in [-0.1, -0.05) is 12.1 Å². The predicted octanol–water partition coefficient (Wildman–Crippen LogP) is 1.78.